The fourth-order valence-corrected chi connectivity index (χ4v) is 2.54. The van der Waals surface area contributed by atoms with Gasteiger partial charge in [0.15, 0.2) is 11.8 Å². The van der Waals surface area contributed by atoms with Gasteiger partial charge in [-0.15, -0.1) is 24.0 Å². The molecule has 0 radical (unpaired) electrons. The molecular weight excluding hydrogens is 451 g/mol. The maximum Gasteiger partial charge on any atom is 0.246 e. The lowest BCUT2D eigenvalue weighted by Crippen LogP contribution is -2.38. The van der Waals surface area contributed by atoms with E-state index in [9.17, 15) is 4.79 Å². The molecule has 1 amide bonds. The summed E-state index contributed by atoms with van der Waals surface area (Å²) in [7, 11) is 0. The highest BCUT2D eigenvalue weighted by atomic mass is 127. The van der Waals surface area contributed by atoms with E-state index in [1.54, 1.807) is 0 Å². The van der Waals surface area contributed by atoms with E-state index in [1.165, 1.54) is 0 Å². The molecule has 0 aliphatic carbocycles. The van der Waals surface area contributed by atoms with Crippen molar-refractivity contribution >= 4 is 35.8 Å². The molecule has 1 aromatic rings. The van der Waals surface area contributed by atoms with Gasteiger partial charge in [0.05, 0.1) is 6.54 Å². The van der Waals surface area contributed by atoms with E-state index in [0.717, 1.165) is 25.9 Å². The Morgan fingerprint density at radius 2 is 2.08 bits per heavy atom. The highest BCUT2D eigenvalue weighted by molar-refractivity contribution is 14.0. The first kappa shape index (κ1) is 22.6. The fourth-order valence-electron chi connectivity index (χ4n) is 2.54. The smallest absolute Gasteiger partial charge is 0.246 e. The van der Waals surface area contributed by atoms with Crippen LogP contribution < -0.4 is 10.6 Å². The number of hydrogen-bond acceptors (Lipinski definition) is 6. The largest absolute Gasteiger partial charge is 0.371 e. The van der Waals surface area contributed by atoms with Crippen molar-refractivity contribution in [1.82, 2.24) is 25.7 Å². The van der Waals surface area contributed by atoms with Gasteiger partial charge in [-0.3, -0.25) is 4.79 Å². The normalized spacial score (nSPS) is 15.5. The number of rotatable bonds is 8. The van der Waals surface area contributed by atoms with E-state index in [-0.39, 0.29) is 42.5 Å². The lowest BCUT2D eigenvalue weighted by Gasteiger charge is -2.14. The quantitative estimate of drug-likeness (QED) is 0.330. The van der Waals surface area contributed by atoms with Gasteiger partial charge in [-0.1, -0.05) is 5.16 Å². The molecule has 1 aliphatic rings. The fraction of sp³-hybridized carbons (Fsp3) is 0.750. The molecule has 0 spiro atoms. The summed E-state index contributed by atoms with van der Waals surface area (Å²) in [6.45, 7) is 9.17. The lowest BCUT2D eigenvalue weighted by atomic mass is 10.4. The Labute approximate surface area is 171 Å². The SMILES string of the molecule is CCNC(=NCC(=O)N1CCCC1)NCc1nc(C(C)OCC)no1.I. The van der Waals surface area contributed by atoms with Crippen LogP contribution in [0, 0.1) is 0 Å². The van der Waals surface area contributed by atoms with Crippen LogP contribution in [0.5, 0.6) is 0 Å². The molecule has 0 bridgehead atoms. The molecule has 10 heteroatoms. The van der Waals surface area contributed by atoms with Gasteiger partial charge in [0.1, 0.15) is 12.6 Å². The van der Waals surface area contributed by atoms with Crippen LogP contribution in [0.2, 0.25) is 0 Å². The number of likely N-dealkylation sites (tertiary alicyclic amines) is 1. The van der Waals surface area contributed by atoms with Crippen molar-refractivity contribution in [3.05, 3.63) is 11.7 Å². The van der Waals surface area contributed by atoms with Gasteiger partial charge in [0, 0.05) is 26.2 Å². The summed E-state index contributed by atoms with van der Waals surface area (Å²) < 4.78 is 10.6. The summed E-state index contributed by atoms with van der Waals surface area (Å²) in [5.74, 6) is 1.57. The van der Waals surface area contributed by atoms with Crippen molar-refractivity contribution in [1.29, 1.82) is 0 Å². The van der Waals surface area contributed by atoms with Gasteiger partial charge in [-0.2, -0.15) is 4.98 Å². The number of guanidine groups is 1. The molecule has 1 saturated heterocycles. The second-order valence-electron chi connectivity index (χ2n) is 5.78. The second kappa shape index (κ2) is 12.0. The summed E-state index contributed by atoms with van der Waals surface area (Å²) in [6.07, 6.45) is 1.95. The zero-order chi connectivity index (χ0) is 18.1. The molecule has 1 fully saturated rings. The minimum atomic E-state index is -0.206. The highest BCUT2D eigenvalue weighted by Crippen LogP contribution is 2.12. The maximum absolute atomic E-state index is 12.1. The van der Waals surface area contributed by atoms with Crippen LogP contribution in [0.25, 0.3) is 0 Å². The van der Waals surface area contributed by atoms with Crippen molar-refractivity contribution in [2.24, 2.45) is 4.99 Å². The summed E-state index contributed by atoms with van der Waals surface area (Å²) in [5.41, 5.74) is 0. The monoisotopic (exact) mass is 480 g/mol. The van der Waals surface area contributed by atoms with Crippen molar-refractivity contribution in [2.45, 2.75) is 46.3 Å². The Kier molecular flexibility index (Phi) is 10.5. The van der Waals surface area contributed by atoms with Gasteiger partial charge < -0.3 is 24.8 Å². The second-order valence-corrected chi connectivity index (χ2v) is 5.78. The molecule has 2 heterocycles. The first-order chi connectivity index (χ1) is 12.1. The molecule has 1 atom stereocenters. The lowest BCUT2D eigenvalue weighted by molar-refractivity contribution is -0.128. The average molecular weight is 480 g/mol. The number of nitrogens with one attached hydrogen (secondary N) is 2. The molecule has 1 aliphatic heterocycles. The predicted molar refractivity (Wildman–Crippen MR) is 108 cm³/mol. The number of halogens is 1. The molecular formula is C16H29IN6O3. The molecule has 0 aromatic carbocycles. The number of aliphatic imine (C=N–C) groups is 1. The predicted octanol–water partition coefficient (Wildman–Crippen LogP) is 1.46. The highest BCUT2D eigenvalue weighted by Gasteiger charge is 2.17. The summed E-state index contributed by atoms with van der Waals surface area (Å²) >= 11 is 0. The van der Waals surface area contributed by atoms with Crippen molar-refractivity contribution in [2.75, 3.05) is 32.8 Å². The Balaban J connectivity index is 0.00000338. The minimum Gasteiger partial charge on any atom is -0.371 e. The van der Waals surface area contributed by atoms with E-state index in [4.69, 9.17) is 9.26 Å². The van der Waals surface area contributed by atoms with Gasteiger partial charge in [-0.25, -0.2) is 4.99 Å². The molecule has 2 rings (SSSR count). The Morgan fingerprint density at radius 3 is 2.73 bits per heavy atom. The van der Waals surface area contributed by atoms with E-state index in [0.29, 0.717) is 37.4 Å². The number of carbonyl (C=O) groups is 1. The molecule has 1 aromatic heterocycles. The van der Waals surface area contributed by atoms with Crippen LogP contribution in [0.4, 0.5) is 0 Å². The number of hydrogen-bond donors (Lipinski definition) is 2. The third-order valence-corrected chi connectivity index (χ3v) is 3.85. The molecule has 26 heavy (non-hydrogen) atoms. The van der Waals surface area contributed by atoms with Gasteiger partial charge in [0.25, 0.3) is 0 Å². The van der Waals surface area contributed by atoms with E-state index < -0.39 is 0 Å². The zero-order valence-corrected chi connectivity index (χ0v) is 18.0. The molecule has 148 valence electrons. The Morgan fingerprint density at radius 1 is 1.35 bits per heavy atom. The minimum absolute atomic E-state index is 0. The summed E-state index contributed by atoms with van der Waals surface area (Å²) in [4.78, 5) is 22.6. The van der Waals surface area contributed by atoms with Gasteiger partial charge in [-0.05, 0) is 33.6 Å². The first-order valence-electron chi connectivity index (χ1n) is 8.88. The third kappa shape index (κ3) is 7.06. The van der Waals surface area contributed by atoms with Gasteiger partial charge >= 0.3 is 0 Å². The number of carbonyl (C=O) groups excluding carboxylic acids is 1. The first-order valence-corrected chi connectivity index (χ1v) is 8.88. The molecule has 0 saturated carbocycles. The average Bonchev–Trinajstić information content (AvgIpc) is 3.29. The van der Waals surface area contributed by atoms with Crippen LogP contribution in [0.15, 0.2) is 9.52 Å². The standard InChI is InChI=1S/C16H28N6O3.HI/c1-4-17-16(19-11-14(23)22-8-6-7-9-22)18-10-13-20-15(21-25-13)12(3)24-5-2;/h12H,4-11H2,1-3H3,(H2,17,18,19);1H. The number of amides is 1. The van der Waals surface area contributed by atoms with Crippen LogP contribution in [0.1, 0.15) is 51.4 Å². The number of ether oxygens (including phenoxy) is 1. The third-order valence-electron chi connectivity index (χ3n) is 3.85. The van der Waals surface area contributed by atoms with Crippen LogP contribution >= 0.6 is 24.0 Å². The number of aromatic nitrogens is 2. The van der Waals surface area contributed by atoms with Crippen molar-refractivity contribution < 1.29 is 14.1 Å². The summed E-state index contributed by atoms with van der Waals surface area (Å²) in [6, 6.07) is 0. The van der Waals surface area contributed by atoms with Crippen molar-refractivity contribution in [3.8, 4) is 0 Å². The van der Waals surface area contributed by atoms with E-state index in [1.807, 2.05) is 25.7 Å². The Bertz CT molecular complexity index is 574. The van der Waals surface area contributed by atoms with Gasteiger partial charge in [0.2, 0.25) is 11.8 Å². The van der Waals surface area contributed by atoms with Crippen molar-refractivity contribution in [3.63, 3.8) is 0 Å². The van der Waals surface area contributed by atoms with E-state index in [2.05, 4.69) is 25.8 Å². The van der Waals surface area contributed by atoms with Crippen LogP contribution in [0.3, 0.4) is 0 Å². The van der Waals surface area contributed by atoms with Crippen LogP contribution in [-0.4, -0.2) is 59.7 Å². The maximum atomic E-state index is 12.1. The number of nitrogens with zero attached hydrogens (tertiary/aromatic N) is 4. The van der Waals surface area contributed by atoms with Crippen LogP contribution in [-0.2, 0) is 16.1 Å². The topological polar surface area (TPSA) is 105 Å². The Hall–Kier alpha value is -1.43. The molecule has 9 nitrogen and oxygen atoms in total. The zero-order valence-electron chi connectivity index (χ0n) is 15.7. The summed E-state index contributed by atoms with van der Waals surface area (Å²) in [5, 5.41) is 10.1. The molecule has 1 unspecified atom stereocenters. The molecule has 2 N–H and O–H groups in total. The van der Waals surface area contributed by atoms with E-state index >= 15 is 0 Å².